The zero-order chi connectivity index (χ0) is 16.2. The second-order valence-electron chi connectivity index (χ2n) is 4.67. The van der Waals surface area contributed by atoms with Gasteiger partial charge in [-0.1, -0.05) is 0 Å². The number of methoxy groups -OCH3 is 1. The first-order chi connectivity index (χ1) is 9.76. The summed E-state index contributed by atoms with van der Waals surface area (Å²) in [6, 6.07) is 0. The third-order valence-electron chi connectivity index (χ3n) is 2.87. The molecule has 1 rings (SSSR count). The topological polar surface area (TPSA) is 97.4 Å². The average Bonchev–Trinajstić information content (AvgIpc) is 2.35. The predicted octanol–water partition coefficient (Wildman–Crippen LogP) is 0.173. The molecule has 3 unspecified atom stereocenters. The van der Waals surface area contributed by atoms with E-state index >= 15 is 0 Å². The fourth-order valence-corrected chi connectivity index (χ4v) is 2.16. The van der Waals surface area contributed by atoms with Crippen molar-refractivity contribution in [3.05, 3.63) is 0 Å². The van der Waals surface area contributed by atoms with E-state index in [1.54, 1.807) is 6.92 Å². The summed E-state index contributed by atoms with van der Waals surface area (Å²) in [7, 11) is 1.37. The molecule has 0 spiro atoms. The lowest BCUT2D eigenvalue weighted by molar-refractivity contribution is -0.294. The van der Waals surface area contributed by atoms with Crippen LogP contribution in [0.15, 0.2) is 0 Å². The predicted molar refractivity (Wildman–Crippen MR) is 68.0 cm³/mol. The summed E-state index contributed by atoms with van der Waals surface area (Å²) in [4.78, 5) is 33.7. The summed E-state index contributed by atoms with van der Waals surface area (Å²) in [6.07, 6.45) is -4.47. The Morgan fingerprint density at radius 3 is 1.67 bits per heavy atom. The number of hydrogen-bond donors (Lipinski definition) is 0. The minimum Gasteiger partial charge on any atom is -0.456 e. The highest BCUT2D eigenvalue weighted by molar-refractivity contribution is 5.68. The monoisotopic (exact) mass is 304 g/mol. The van der Waals surface area contributed by atoms with E-state index < -0.39 is 48.6 Å². The molecule has 5 atom stereocenters. The van der Waals surface area contributed by atoms with Gasteiger partial charge < -0.3 is 23.7 Å². The lowest BCUT2D eigenvalue weighted by atomic mass is 9.99. The first-order valence-electron chi connectivity index (χ1n) is 6.46. The lowest BCUT2D eigenvalue weighted by Gasteiger charge is -2.42. The first-order valence-corrected chi connectivity index (χ1v) is 6.46. The average molecular weight is 304 g/mol. The van der Waals surface area contributed by atoms with E-state index in [1.807, 2.05) is 0 Å². The molecule has 0 N–H and O–H groups in total. The van der Waals surface area contributed by atoms with Crippen LogP contribution in [0.5, 0.6) is 0 Å². The molecule has 0 amide bonds. The van der Waals surface area contributed by atoms with Crippen molar-refractivity contribution in [3.63, 3.8) is 0 Å². The normalized spacial score (nSPS) is 32.1. The highest BCUT2D eigenvalue weighted by Gasteiger charge is 2.50. The fraction of sp³-hybridized carbons (Fsp3) is 0.769. The number of rotatable bonds is 4. The van der Waals surface area contributed by atoms with Crippen molar-refractivity contribution in [1.82, 2.24) is 0 Å². The Morgan fingerprint density at radius 2 is 1.24 bits per heavy atom. The first kappa shape index (κ1) is 17.4. The molecule has 21 heavy (non-hydrogen) atoms. The zero-order valence-corrected chi connectivity index (χ0v) is 12.7. The van der Waals surface area contributed by atoms with E-state index in [0.29, 0.717) is 0 Å². The van der Waals surface area contributed by atoms with Crippen molar-refractivity contribution in [2.45, 2.75) is 58.4 Å². The number of ether oxygens (including phenoxy) is 5. The van der Waals surface area contributed by atoms with Crippen LogP contribution in [0.25, 0.3) is 0 Å². The summed E-state index contributed by atoms with van der Waals surface area (Å²) >= 11 is 0. The van der Waals surface area contributed by atoms with Crippen LogP contribution >= 0.6 is 0 Å². The second-order valence-corrected chi connectivity index (χ2v) is 4.67. The molecule has 1 aliphatic rings. The summed E-state index contributed by atoms with van der Waals surface area (Å²) in [6.45, 7) is 5.27. The van der Waals surface area contributed by atoms with Crippen LogP contribution in [-0.4, -0.2) is 55.7 Å². The van der Waals surface area contributed by atoms with Crippen molar-refractivity contribution in [2.75, 3.05) is 7.11 Å². The molecule has 1 aliphatic heterocycles. The molecule has 0 aliphatic carbocycles. The lowest BCUT2D eigenvalue weighted by Crippen LogP contribution is -2.60. The molecule has 0 saturated carbocycles. The van der Waals surface area contributed by atoms with Crippen LogP contribution in [0, 0.1) is 0 Å². The van der Waals surface area contributed by atoms with E-state index in [0.717, 1.165) is 0 Å². The second kappa shape index (κ2) is 7.37. The summed E-state index contributed by atoms with van der Waals surface area (Å²) in [5.41, 5.74) is 0. The molecule has 0 bridgehead atoms. The van der Waals surface area contributed by atoms with Gasteiger partial charge in [-0.25, -0.2) is 0 Å². The highest BCUT2D eigenvalue weighted by atomic mass is 16.7. The molecule has 0 aromatic rings. The molecule has 1 fully saturated rings. The van der Waals surface area contributed by atoms with Crippen LogP contribution in [-0.2, 0) is 38.1 Å². The van der Waals surface area contributed by atoms with Gasteiger partial charge >= 0.3 is 17.9 Å². The smallest absolute Gasteiger partial charge is 0.303 e. The Bertz CT molecular complexity index is 407. The third kappa shape index (κ3) is 4.68. The van der Waals surface area contributed by atoms with Gasteiger partial charge in [0.2, 0.25) is 0 Å². The van der Waals surface area contributed by atoms with Gasteiger partial charge in [-0.3, -0.25) is 14.4 Å². The molecule has 0 aromatic carbocycles. The van der Waals surface area contributed by atoms with Crippen LogP contribution in [0.3, 0.4) is 0 Å². The molecule has 0 radical (unpaired) electrons. The molecule has 0 aromatic heterocycles. The van der Waals surface area contributed by atoms with Crippen LogP contribution < -0.4 is 0 Å². The standard InChI is InChI=1S/C13H20O8/c1-6-10(19-7(2)14)11(20-8(3)15)12(21-9(4)16)13(17-5)18-6/h6,10-13H,1-5H3/t6?,10-,11?,12?,13+/m0/s1. The highest BCUT2D eigenvalue weighted by Crippen LogP contribution is 2.28. The van der Waals surface area contributed by atoms with E-state index in [9.17, 15) is 14.4 Å². The van der Waals surface area contributed by atoms with Crippen LogP contribution in [0.4, 0.5) is 0 Å². The van der Waals surface area contributed by atoms with Gasteiger partial charge in [0.05, 0.1) is 6.10 Å². The Morgan fingerprint density at radius 1 is 0.810 bits per heavy atom. The largest absolute Gasteiger partial charge is 0.456 e. The van der Waals surface area contributed by atoms with Gasteiger partial charge in [-0.15, -0.1) is 0 Å². The van der Waals surface area contributed by atoms with Gasteiger partial charge in [-0.05, 0) is 6.92 Å². The van der Waals surface area contributed by atoms with Gasteiger partial charge in [0, 0.05) is 27.9 Å². The van der Waals surface area contributed by atoms with E-state index in [1.165, 1.54) is 27.9 Å². The van der Waals surface area contributed by atoms with Crippen molar-refractivity contribution in [2.24, 2.45) is 0 Å². The third-order valence-corrected chi connectivity index (χ3v) is 2.87. The maximum absolute atomic E-state index is 11.3. The Balaban J connectivity index is 3.08. The van der Waals surface area contributed by atoms with E-state index in [-0.39, 0.29) is 0 Å². The summed E-state index contributed by atoms with van der Waals surface area (Å²) < 4.78 is 26.0. The van der Waals surface area contributed by atoms with Crippen molar-refractivity contribution in [1.29, 1.82) is 0 Å². The number of carbonyl (C=O) groups excluding carboxylic acids is 3. The molecule has 1 saturated heterocycles. The maximum Gasteiger partial charge on any atom is 0.303 e. The Hall–Kier alpha value is -1.67. The Kier molecular flexibility index (Phi) is 6.10. The van der Waals surface area contributed by atoms with Crippen LogP contribution in [0.2, 0.25) is 0 Å². The minimum atomic E-state index is -1.03. The molecule has 8 heteroatoms. The van der Waals surface area contributed by atoms with Gasteiger partial charge in [0.25, 0.3) is 0 Å². The number of hydrogen-bond acceptors (Lipinski definition) is 8. The van der Waals surface area contributed by atoms with Crippen molar-refractivity contribution < 1.29 is 38.1 Å². The fourth-order valence-electron chi connectivity index (χ4n) is 2.16. The van der Waals surface area contributed by atoms with Crippen molar-refractivity contribution in [3.8, 4) is 0 Å². The van der Waals surface area contributed by atoms with E-state index in [4.69, 9.17) is 23.7 Å². The quantitative estimate of drug-likeness (QED) is 0.535. The van der Waals surface area contributed by atoms with Gasteiger partial charge in [0.1, 0.15) is 0 Å². The maximum atomic E-state index is 11.3. The van der Waals surface area contributed by atoms with Gasteiger partial charge in [0.15, 0.2) is 24.6 Å². The summed E-state index contributed by atoms with van der Waals surface area (Å²) in [5, 5.41) is 0. The SMILES string of the molecule is CO[C@@H]1OC(C)[C@H](OC(C)=O)C(OC(C)=O)C1OC(C)=O. The Labute approximate surface area is 122 Å². The van der Waals surface area contributed by atoms with Gasteiger partial charge in [-0.2, -0.15) is 0 Å². The number of carbonyl (C=O) groups is 3. The molecule has 1 heterocycles. The van der Waals surface area contributed by atoms with E-state index in [2.05, 4.69) is 0 Å². The molecular weight excluding hydrogens is 284 g/mol. The zero-order valence-electron chi connectivity index (χ0n) is 12.7. The number of esters is 3. The molecular formula is C13H20O8. The van der Waals surface area contributed by atoms with Crippen molar-refractivity contribution >= 4 is 17.9 Å². The summed E-state index contributed by atoms with van der Waals surface area (Å²) in [5.74, 6) is -1.76. The van der Waals surface area contributed by atoms with Crippen LogP contribution in [0.1, 0.15) is 27.7 Å². The minimum absolute atomic E-state index is 0.565. The molecule has 120 valence electrons. The molecule has 8 nitrogen and oxygen atoms in total.